The van der Waals surface area contributed by atoms with E-state index in [0.717, 1.165) is 26.5 Å². The third kappa shape index (κ3) is 4.63. The van der Waals surface area contributed by atoms with Gasteiger partial charge in [0.1, 0.15) is 0 Å². The minimum absolute atomic E-state index is 0.378. The van der Waals surface area contributed by atoms with E-state index in [1.165, 1.54) is 4.31 Å². The molecule has 1 rings (SSSR count). The van der Waals surface area contributed by atoms with Crippen LogP contribution in [0.15, 0.2) is 0 Å². The van der Waals surface area contributed by atoms with Gasteiger partial charge in [-0.2, -0.15) is 12.7 Å². The molecule has 7 nitrogen and oxygen atoms in total. The number of carbonyl (C=O) groups excluding carboxylic acids is 1. The normalized spacial score (nSPS) is 19.9. The van der Waals surface area contributed by atoms with Crippen LogP contribution >= 0.6 is 0 Å². The van der Waals surface area contributed by atoms with E-state index in [0.29, 0.717) is 25.0 Å². The van der Waals surface area contributed by atoms with Crippen molar-refractivity contribution >= 4 is 16.3 Å². The van der Waals surface area contributed by atoms with Crippen LogP contribution in [0.4, 0.5) is 4.79 Å². The van der Waals surface area contributed by atoms with Crippen LogP contribution in [0.25, 0.3) is 0 Å². The fourth-order valence-corrected chi connectivity index (χ4v) is 3.43. The summed E-state index contributed by atoms with van der Waals surface area (Å²) in [5.41, 5.74) is 0. The van der Waals surface area contributed by atoms with Gasteiger partial charge >= 0.3 is 16.3 Å². The van der Waals surface area contributed by atoms with Crippen LogP contribution in [0.1, 0.15) is 26.7 Å². The summed E-state index contributed by atoms with van der Waals surface area (Å²) in [5, 5.41) is 3.35. The molecule has 1 amide bonds. The number of methoxy groups -OCH3 is 1. The van der Waals surface area contributed by atoms with Gasteiger partial charge in [0.25, 0.3) is 0 Å². The molecular weight excluding hydrogens is 270 g/mol. The molecule has 1 atom stereocenters. The zero-order valence-electron chi connectivity index (χ0n) is 11.7. The van der Waals surface area contributed by atoms with Crippen LogP contribution in [0.5, 0.6) is 0 Å². The van der Waals surface area contributed by atoms with Gasteiger partial charge in [0.2, 0.25) is 0 Å². The summed E-state index contributed by atoms with van der Waals surface area (Å²) in [6, 6.07) is 0.378. The molecule has 8 heteroatoms. The van der Waals surface area contributed by atoms with E-state index in [-0.39, 0.29) is 0 Å². The van der Waals surface area contributed by atoms with Crippen molar-refractivity contribution in [2.45, 2.75) is 32.7 Å². The molecule has 0 aliphatic carbocycles. The smallest absolute Gasteiger partial charge is 0.421 e. The first-order valence-corrected chi connectivity index (χ1v) is 7.94. The fourth-order valence-electron chi connectivity index (χ4n) is 2.32. The number of nitrogens with one attached hydrogen (secondary N) is 2. The van der Waals surface area contributed by atoms with E-state index in [9.17, 15) is 13.2 Å². The van der Waals surface area contributed by atoms with Crippen molar-refractivity contribution in [2.75, 3.05) is 26.7 Å². The number of hydrogen-bond acceptors (Lipinski definition) is 5. The number of amides is 1. The highest BCUT2D eigenvalue weighted by molar-refractivity contribution is 7.87. The maximum Gasteiger partial charge on any atom is 0.421 e. The van der Waals surface area contributed by atoms with Gasteiger partial charge in [-0.15, -0.1) is 0 Å². The van der Waals surface area contributed by atoms with Crippen molar-refractivity contribution in [1.82, 2.24) is 14.3 Å². The van der Waals surface area contributed by atoms with E-state index in [1.807, 2.05) is 4.72 Å². The minimum Gasteiger partial charge on any atom is -0.452 e. The molecule has 1 saturated heterocycles. The largest absolute Gasteiger partial charge is 0.452 e. The SMILES string of the molecule is CCNC(C)C1CCN(S(=O)(=O)NC(=O)OC)CC1. The molecule has 1 fully saturated rings. The van der Waals surface area contributed by atoms with Crippen molar-refractivity contribution in [1.29, 1.82) is 0 Å². The van der Waals surface area contributed by atoms with Crippen molar-refractivity contribution in [3.63, 3.8) is 0 Å². The number of rotatable bonds is 5. The number of carbonyl (C=O) groups is 1. The van der Waals surface area contributed by atoms with Crippen molar-refractivity contribution < 1.29 is 17.9 Å². The average molecular weight is 293 g/mol. The molecule has 1 aliphatic heterocycles. The van der Waals surface area contributed by atoms with Gasteiger partial charge in [-0.3, -0.25) is 0 Å². The lowest BCUT2D eigenvalue weighted by Gasteiger charge is -2.34. The molecule has 0 aromatic rings. The third-order valence-electron chi connectivity index (χ3n) is 3.47. The summed E-state index contributed by atoms with van der Waals surface area (Å²) in [4.78, 5) is 11.0. The standard InChI is InChI=1S/C11H23N3O4S/c1-4-12-9(2)10-5-7-14(8-6-10)19(16,17)13-11(15)18-3/h9-10,12H,4-8H2,1-3H3,(H,13,15). The zero-order valence-corrected chi connectivity index (χ0v) is 12.5. The first-order valence-electron chi connectivity index (χ1n) is 6.50. The summed E-state index contributed by atoms with van der Waals surface area (Å²) in [5.74, 6) is 0.463. The Bertz CT molecular complexity index is 391. The van der Waals surface area contributed by atoms with Crippen molar-refractivity contribution in [2.24, 2.45) is 5.92 Å². The minimum atomic E-state index is -3.77. The van der Waals surface area contributed by atoms with Crippen molar-refractivity contribution in [3.05, 3.63) is 0 Å². The topological polar surface area (TPSA) is 87.7 Å². The molecule has 1 heterocycles. The van der Waals surface area contributed by atoms with E-state index in [1.54, 1.807) is 0 Å². The Kier molecular flexibility index (Phi) is 6.02. The molecule has 0 saturated carbocycles. The van der Waals surface area contributed by atoms with E-state index in [4.69, 9.17) is 0 Å². The number of hydrogen-bond donors (Lipinski definition) is 2. The van der Waals surface area contributed by atoms with Crippen LogP contribution in [-0.2, 0) is 14.9 Å². The van der Waals surface area contributed by atoms with Gasteiger partial charge < -0.3 is 10.1 Å². The first kappa shape index (κ1) is 16.2. The van der Waals surface area contributed by atoms with Crippen LogP contribution < -0.4 is 10.0 Å². The highest BCUT2D eigenvalue weighted by Crippen LogP contribution is 2.22. The predicted octanol–water partition coefficient (Wildman–Crippen LogP) is 0.297. The lowest BCUT2D eigenvalue weighted by molar-refractivity contribution is 0.175. The molecule has 0 radical (unpaired) electrons. The molecule has 112 valence electrons. The maximum absolute atomic E-state index is 11.9. The molecule has 1 aliphatic rings. The van der Waals surface area contributed by atoms with Gasteiger partial charge in [-0.1, -0.05) is 6.92 Å². The number of ether oxygens (including phenoxy) is 1. The van der Waals surface area contributed by atoms with Gasteiger partial charge in [0, 0.05) is 19.1 Å². The summed E-state index contributed by atoms with van der Waals surface area (Å²) >= 11 is 0. The van der Waals surface area contributed by atoms with Crippen LogP contribution in [-0.4, -0.2) is 51.6 Å². The lowest BCUT2D eigenvalue weighted by atomic mass is 9.91. The second kappa shape index (κ2) is 7.06. The summed E-state index contributed by atoms with van der Waals surface area (Å²) < 4.78 is 31.2. The summed E-state index contributed by atoms with van der Waals surface area (Å²) in [6.45, 7) is 5.92. The molecule has 0 aromatic carbocycles. The van der Waals surface area contributed by atoms with Gasteiger partial charge in [-0.05, 0) is 32.2 Å². The van der Waals surface area contributed by atoms with Gasteiger partial charge in [-0.25, -0.2) is 9.52 Å². The monoisotopic (exact) mass is 293 g/mol. The molecule has 0 spiro atoms. The van der Waals surface area contributed by atoms with Crippen LogP contribution in [0.3, 0.4) is 0 Å². The second-order valence-electron chi connectivity index (χ2n) is 4.68. The summed E-state index contributed by atoms with van der Waals surface area (Å²) in [6.07, 6.45) is 0.620. The summed E-state index contributed by atoms with van der Waals surface area (Å²) in [7, 11) is -2.63. The lowest BCUT2D eigenvalue weighted by Crippen LogP contribution is -2.49. The van der Waals surface area contributed by atoms with Gasteiger partial charge in [0.05, 0.1) is 7.11 Å². The van der Waals surface area contributed by atoms with Gasteiger partial charge in [0.15, 0.2) is 0 Å². The molecule has 0 bridgehead atoms. The average Bonchev–Trinajstić information content (AvgIpc) is 2.38. The first-order chi connectivity index (χ1) is 8.90. The number of nitrogens with zero attached hydrogens (tertiary/aromatic N) is 1. The predicted molar refractivity (Wildman–Crippen MR) is 71.9 cm³/mol. The Labute approximate surface area is 114 Å². The molecule has 19 heavy (non-hydrogen) atoms. The second-order valence-corrected chi connectivity index (χ2v) is 6.35. The number of piperidine rings is 1. The highest BCUT2D eigenvalue weighted by Gasteiger charge is 2.31. The molecular formula is C11H23N3O4S. The quantitative estimate of drug-likeness (QED) is 0.761. The molecule has 1 unspecified atom stereocenters. The van der Waals surface area contributed by atoms with Crippen LogP contribution in [0, 0.1) is 5.92 Å². The van der Waals surface area contributed by atoms with E-state index < -0.39 is 16.3 Å². The zero-order chi connectivity index (χ0) is 14.5. The van der Waals surface area contributed by atoms with E-state index >= 15 is 0 Å². The highest BCUT2D eigenvalue weighted by atomic mass is 32.2. The molecule has 0 aromatic heterocycles. The molecule has 2 N–H and O–H groups in total. The Morgan fingerprint density at radius 1 is 1.42 bits per heavy atom. The van der Waals surface area contributed by atoms with Crippen LogP contribution in [0.2, 0.25) is 0 Å². The Morgan fingerprint density at radius 3 is 2.47 bits per heavy atom. The third-order valence-corrected chi connectivity index (χ3v) is 4.94. The maximum atomic E-state index is 11.9. The Morgan fingerprint density at radius 2 is 2.00 bits per heavy atom. The van der Waals surface area contributed by atoms with Crippen molar-refractivity contribution in [3.8, 4) is 0 Å². The Balaban J connectivity index is 2.51. The Hall–Kier alpha value is -0.860. The fraction of sp³-hybridized carbons (Fsp3) is 0.909. The van der Waals surface area contributed by atoms with E-state index in [2.05, 4.69) is 23.9 Å².